The van der Waals surface area contributed by atoms with Crippen LogP contribution in [0, 0.1) is 0 Å². The van der Waals surface area contributed by atoms with Crippen molar-refractivity contribution in [1.29, 1.82) is 0 Å². The number of benzene rings is 2. The third-order valence-electron chi connectivity index (χ3n) is 5.23. The van der Waals surface area contributed by atoms with Crippen LogP contribution in [0.4, 0.5) is 5.69 Å². The maximum Gasteiger partial charge on any atom is 0.231 e. The molecule has 1 aliphatic heterocycles. The number of carbonyl (C=O) groups is 2. The first-order valence-corrected chi connectivity index (χ1v) is 9.87. The molecule has 28 heavy (non-hydrogen) atoms. The van der Waals surface area contributed by atoms with Gasteiger partial charge in [-0.2, -0.15) is 0 Å². The van der Waals surface area contributed by atoms with E-state index in [0.29, 0.717) is 18.1 Å². The Kier molecular flexibility index (Phi) is 5.35. The van der Waals surface area contributed by atoms with Gasteiger partial charge in [-0.3, -0.25) is 14.2 Å². The van der Waals surface area contributed by atoms with E-state index in [4.69, 9.17) is 11.6 Å². The molecule has 1 aromatic heterocycles. The molecule has 0 atom stereocenters. The van der Waals surface area contributed by atoms with Crippen molar-refractivity contribution in [2.75, 3.05) is 31.1 Å². The summed E-state index contributed by atoms with van der Waals surface area (Å²) >= 11 is 6.07. The fourth-order valence-corrected chi connectivity index (χ4v) is 3.86. The van der Waals surface area contributed by atoms with Gasteiger partial charge in [0.15, 0.2) is 0 Å². The van der Waals surface area contributed by atoms with Crippen LogP contribution in [-0.2, 0) is 4.79 Å². The summed E-state index contributed by atoms with van der Waals surface area (Å²) in [5, 5.41) is 1.74. The Labute approximate surface area is 169 Å². The normalized spacial score (nSPS) is 14.5. The number of halogens is 1. The van der Waals surface area contributed by atoms with E-state index in [1.165, 1.54) is 0 Å². The first-order chi connectivity index (χ1) is 13.6. The van der Waals surface area contributed by atoms with Crippen LogP contribution < -0.4 is 4.90 Å². The highest BCUT2D eigenvalue weighted by Gasteiger charge is 2.22. The molecule has 0 N–H and O–H groups in total. The molecule has 144 valence electrons. The van der Waals surface area contributed by atoms with Crippen molar-refractivity contribution >= 4 is 40.0 Å². The number of hydrogen-bond donors (Lipinski definition) is 0. The Morgan fingerprint density at radius 1 is 0.857 bits per heavy atom. The lowest BCUT2D eigenvalue weighted by molar-refractivity contribution is -0.131. The van der Waals surface area contributed by atoms with E-state index in [0.717, 1.165) is 29.7 Å². The lowest BCUT2D eigenvalue weighted by Gasteiger charge is -2.36. The smallest absolute Gasteiger partial charge is 0.231 e. The zero-order valence-electron chi connectivity index (χ0n) is 15.6. The third kappa shape index (κ3) is 3.90. The lowest BCUT2D eigenvalue weighted by atomic mass is 10.2. The monoisotopic (exact) mass is 395 g/mol. The molecule has 2 heterocycles. The summed E-state index contributed by atoms with van der Waals surface area (Å²) in [5.74, 6) is -0.0114. The molecule has 1 amide bonds. The van der Waals surface area contributed by atoms with E-state index in [1.54, 1.807) is 10.8 Å². The van der Waals surface area contributed by atoms with Gasteiger partial charge in [-0.1, -0.05) is 35.9 Å². The molecule has 1 saturated heterocycles. The summed E-state index contributed by atoms with van der Waals surface area (Å²) in [6.45, 7) is 2.85. The molecule has 3 aromatic rings. The number of aromatic nitrogens is 1. The highest BCUT2D eigenvalue weighted by molar-refractivity contribution is 6.30. The van der Waals surface area contributed by atoms with Crippen molar-refractivity contribution in [2.45, 2.75) is 12.8 Å². The molecule has 0 bridgehead atoms. The minimum atomic E-state index is -0.0490. The van der Waals surface area contributed by atoms with Crippen molar-refractivity contribution in [3.05, 3.63) is 65.8 Å². The number of anilines is 1. The van der Waals surface area contributed by atoms with Gasteiger partial charge in [-0.25, -0.2) is 0 Å². The Bertz CT molecular complexity index is 1010. The first kappa shape index (κ1) is 18.6. The van der Waals surface area contributed by atoms with Crippen LogP contribution in [0.5, 0.6) is 0 Å². The Morgan fingerprint density at radius 2 is 1.61 bits per heavy atom. The zero-order valence-corrected chi connectivity index (χ0v) is 16.3. The molecule has 1 fully saturated rings. The standard InChI is InChI=1S/C22H22ClN3O2/c23-18-5-3-6-19(16-18)24-12-14-25(15-13-24)21(27)8-9-22(28)26-11-10-17-4-1-2-7-20(17)26/h1-7,10-11,16H,8-9,12-15H2. The van der Waals surface area contributed by atoms with Crippen molar-refractivity contribution in [2.24, 2.45) is 0 Å². The maximum absolute atomic E-state index is 12.6. The van der Waals surface area contributed by atoms with E-state index >= 15 is 0 Å². The summed E-state index contributed by atoms with van der Waals surface area (Å²) < 4.78 is 1.64. The van der Waals surface area contributed by atoms with E-state index in [-0.39, 0.29) is 24.7 Å². The van der Waals surface area contributed by atoms with Crippen LogP contribution in [0.25, 0.3) is 10.9 Å². The van der Waals surface area contributed by atoms with Crippen LogP contribution in [0.3, 0.4) is 0 Å². The Morgan fingerprint density at radius 3 is 2.39 bits per heavy atom. The van der Waals surface area contributed by atoms with Crippen LogP contribution in [0.2, 0.25) is 5.02 Å². The molecule has 1 aliphatic rings. The number of piperazine rings is 1. The van der Waals surface area contributed by atoms with E-state index < -0.39 is 0 Å². The number of fused-ring (bicyclic) bond motifs is 1. The van der Waals surface area contributed by atoms with Gasteiger partial charge in [0.1, 0.15) is 0 Å². The number of para-hydroxylation sites is 1. The average Bonchev–Trinajstić information content (AvgIpc) is 3.16. The first-order valence-electron chi connectivity index (χ1n) is 9.49. The molecule has 0 unspecified atom stereocenters. The van der Waals surface area contributed by atoms with Crippen LogP contribution >= 0.6 is 11.6 Å². The van der Waals surface area contributed by atoms with Gasteiger partial charge in [0.25, 0.3) is 0 Å². The predicted molar refractivity (Wildman–Crippen MR) is 112 cm³/mol. The third-order valence-corrected chi connectivity index (χ3v) is 5.46. The molecule has 4 rings (SSSR count). The molecule has 5 nitrogen and oxygen atoms in total. The van der Waals surface area contributed by atoms with E-state index in [2.05, 4.69) is 4.90 Å². The molecular formula is C22H22ClN3O2. The second-order valence-electron chi connectivity index (χ2n) is 6.99. The highest BCUT2D eigenvalue weighted by atomic mass is 35.5. The Hall–Kier alpha value is -2.79. The zero-order chi connectivity index (χ0) is 19.5. The molecule has 2 aromatic carbocycles. The van der Waals surface area contributed by atoms with Gasteiger partial charge in [0.2, 0.25) is 11.8 Å². The van der Waals surface area contributed by atoms with Crippen LogP contribution in [0.1, 0.15) is 17.6 Å². The minimum Gasteiger partial charge on any atom is -0.368 e. The SMILES string of the molecule is O=C(CCC(=O)n1ccc2ccccc21)N1CCN(c2cccc(Cl)c2)CC1. The second kappa shape index (κ2) is 8.07. The largest absolute Gasteiger partial charge is 0.368 e. The maximum atomic E-state index is 12.6. The molecule has 0 radical (unpaired) electrons. The Balaban J connectivity index is 1.30. The number of nitrogens with zero attached hydrogens (tertiary/aromatic N) is 3. The van der Waals surface area contributed by atoms with Gasteiger partial charge in [-0.05, 0) is 30.3 Å². The number of hydrogen-bond acceptors (Lipinski definition) is 3. The van der Waals surface area contributed by atoms with Crippen LogP contribution in [-0.4, -0.2) is 47.5 Å². The fraction of sp³-hybridized carbons (Fsp3) is 0.273. The van der Waals surface area contributed by atoms with Gasteiger partial charge < -0.3 is 9.80 Å². The summed E-state index contributed by atoms with van der Waals surface area (Å²) in [5.41, 5.74) is 1.96. The van der Waals surface area contributed by atoms with Gasteiger partial charge >= 0.3 is 0 Å². The highest BCUT2D eigenvalue weighted by Crippen LogP contribution is 2.21. The van der Waals surface area contributed by atoms with E-state index in [1.807, 2.05) is 59.5 Å². The second-order valence-corrected chi connectivity index (χ2v) is 7.42. The van der Waals surface area contributed by atoms with Gasteiger partial charge in [-0.15, -0.1) is 0 Å². The molecular weight excluding hydrogens is 374 g/mol. The summed E-state index contributed by atoms with van der Waals surface area (Å²) in [4.78, 5) is 29.2. The number of rotatable bonds is 4. The van der Waals surface area contributed by atoms with Crippen molar-refractivity contribution in [1.82, 2.24) is 9.47 Å². The summed E-state index contributed by atoms with van der Waals surface area (Å²) in [6.07, 6.45) is 2.23. The van der Waals surface area contributed by atoms with Crippen molar-refractivity contribution in [3.63, 3.8) is 0 Å². The molecule has 0 saturated carbocycles. The molecule has 0 aliphatic carbocycles. The van der Waals surface area contributed by atoms with Crippen molar-refractivity contribution < 1.29 is 9.59 Å². The summed E-state index contributed by atoms with van der Waals surface area (Å²) in [7, 11) is 0. The number of amides is 1. The van der Waals surface area contributed by atoms with E-state index in [9.17, 15) is 9.59 Å². The minimum absolute atomic E-state index is 0.0376. The van der Waals surface area contributed by atoms with Crippen LogP contribution in [0.15, 0.2) is 60.8 Å². The molecule has 0 spiro atoms. The number of carbonyl (C=O) groups excluding carboxylic acids is 2. The predicted octanol–water partition coefficient (Wildman–Crippen LogP) is 4.06. The topological polar surface area (TPSA) is 45.6 Å². The quantitative estimate of drug-likeness (QED) is 0.669. The lowest BCUT2D eigenvalue weighted by Crippen LogP contribution is -2.48. The van der Waals surface area contributed by atoms with Gasteiger partial charge in [0.05, 0.1) is 5.52 Å². The fourth-order valence-electron chi connectivity index (χ4n) is 3.68. The summed E-state index contributed by atoms with van der Waals surface area (Å²) in [6, 6.07) is 17.4. The van der Waals surface area contributed by atoms with Gasteiger partial charge in [0, 0.05) is 61.3 Å². The van der Waals surface area contributed by atoms with Crippen molar-refractivity contribution in [3.8, 4) is 0 Å². The average molecular weight is 396 g/mol. The molecule has 6 heteroatoms.